The molecule has 0 radical (unpaired) electrons. The quantitative estimate of drug-likeness (QED) is 0.575. The van der Waals surface area contributed by atoms with Crippen LogP contribution in [0.3, 0.4) is 0 Å². The molecule has 1 unspecified atom stereocenters. The molecular weight excluding hydrogens is 324 g/mol. The van der Waals surface area contributed by atoms with E-state index in [4.69, 9.17) is 0 Å². The maximum Gasteiger partial charge on any atom is 0.256 e. The molecule has 24 heavy (non-hydrogen) atoms. The minimum Gasteiger partial charge on any atom is -0.311 e. The average Bonchev–Trinajstić information content (AvgIpc) is 3.16. The third kappa shape index (κ3) is 1.98. The molecule has 1 atom stereocenters. The van der Waals surface area contributed by atoms with Crippen LogP contribution >= 0.6 is 0 Å². The lowest BCUT2D eigenvalue weighted by Gasteiger charge is -2.11. The van der Waals surface area contributed by atoms with Crippen LogP contribution in [0.25, 0.3) is 16.8 Å². The monoisotopic (exact) mass is 340 g/mol. The van der Waals surface area contributed by atoms with Gasteiger partial charge in [0.25, 0.3) is 5.16 Å². The van der Waals surface area contributed by atoms with Gasteiger partial charge in [0.05, 0.1) is 16.3 Å². The number of hydrogen-bond acceptors (Lipinski definition) is 4. The highest BCUT2D eigenvalue weighted by Gasteiger charge is 2.31. The van der Waals surface area contributed by atoms with E-state index < -0.39 is 15.1 Å². The molecule has 0 aliphatic rings. The molecule has 0 fully saturated rings. The van der Waals surface area contributed by atoms with E-state index in [9.17, 15) is 8.42 Å². The van der Waals surface area contributed by atoms with Gasteiger partial charge in [-0.1, -0.05) is 42.5 Å². The number of para-hydroxylation sites is 2. The van der Waals surface area contributed by atoms with Crippen LogP contribution in [0.15, 0.2) is 59.8 Å². The minimum atomic E-state index is -3.68. The first-order valence-electron chi connectivity index (χ1n) is 7.59. The van der Waals surface area contributed by atoms with Crippen LogP contribution in [-0.4, -0.2) is 27.6 Å². The summed E-state index contributed by atoms with van der Waals surface area (Å²) in [6, 6.07) is 16.7. The largest absolute Gasteiger partial charge is 0.311 e. The van der Waals surface area contributed by atoms with Gasteiger partial charge in [0.1, 0.15) is 0 Å². The summed E-state index contributed by atoms with van der Waals surface area (Å²) in [5.41, 5.74) is 2.42. The van der Waals surface area contributed by atoms with Gasteiger partial charge in [0.2, 0.25) is 15.6 Å². The number of hydrogen-bond donors (Lipinski definition) is 0. The second-order valence-electron chi connectivity index (χ2n) is 5.76. The number of aryl methyl sites for hydroxylation is 1. The molecule has 0 aliphatic carbocycles. The highest BCUT2D eigenvalue weighted by molar-refractivity contribution is 7.91. The van der Waals surface area contributed by atoms with Crippen molar-refractivity contribution in [2.75, 3.05) is 0 Å². The Labute approximate surface area is 139 Å². The molecule has 6 nitrogen and oxygen atoms in total. The van der Waals surface area contributed by atoms with Crippen LogP contribution in [0.4, 0.5) is 0 Å². The molecule has 0 saturated carbocycles. The van der Waals surface area contributed by atoms with Gasteiger partial charge in [0, 0.05) is 7.05 Å². The SMILES string of the molecule is CC(c1ccccc1)S(=O)(=O)c1nnc2n(C)c3ccccc3n12. The van der Waals surface area contributed by atoms with Crippen LogP contribution in [0, 0.1) is 0 Å². The topological polar surface area (TPSA) is 69.3 Å². The smallest absolute Gasteiger partial charge is 0.256 e. The molecule has 2 aromatic heterocycles. The summed E-state index contributed by atoms with van der Waals surface area (Å²) >= 11 is 0. The fraction of sp³-hybridized carbons (Fsp3) is 0.176. The molecule has 0 saturated heterocycles. The van der Waals surface area contributed by atoms with E-state index >= 15 is 0 Å². The highest BCUT2D eigenvalue weighted by atomic mass is 32.2. The summed E-state index contributed by atoms with van der Waals surface area (Å²) in [4.78, 5) is 0. The molecule has 0 bridgehead atoms. The first-order valence-corrected chi connectivity index (χ1v) is 9.14. The Balaban J connectivity index is 1.98. The Morgan fingerprint density at radius 1 is 0.917 bits per heavy atom. The lowest BCUT2D eigenvalue weighted by Crippen LogP contribution is -2.14. The third-order valence-electron chi connectivity index (χ3n) is 4.39. The van der Waals surface area contributed by atoms with Crippen molar-refractivity contribution in [3.8, 4) is 0 Å². The van der Waals surface area contributed by atoms with Gasteiger partial charge in [-0.05, 0) is 24.6 Å². The van der Waals surface area contributed by atoms with Crippen molar-refractivity contribution < 1.29 is 8.42 Å². The van der Waals surface area contributed by atoms with Gasteiger partial charge in [0.15, 0.2) is 0 Å². The van der Waals surface area contributed by atoms with Crippen LogP contribution in [0.1, 0.15) is 17.7 Å². The molecule has 0 aliphatic heterocycles. The van der Waals surface area contributed by atoms with E-state index in [1.807, 2.05) is 66.2 Å². The van der Waals surface area contributed by atoms with Crippen LogP contribution < -0.4 is 0 Å². The number of benzene rings is 2. The fourth-order valence-corrected chi connectivity index (χ4v) is 4.40. The number of sulfone groups is 1. The Kier molecular flexibility index (Phi) is 3.21. The number of nitrogens with zero attached hydrogens (tertiary/aromatic N) is 4. The Bertz CT molecular complexity index is 1140. The molecule has 122 valence electrons. The van der Waals surface area contributed by atoms with Crippen LogP contribution in [-0.2, 0) is 16.9 Å². The zero-order valence-electron chi connectivity index (χ0n) is 13.3. The zero-order valence-corrected chi connectivity index (χ0v) is 14.1. The van der Waals surface area contributed by atoms with Gasteiger partial charge in [-0.2, -0.15) is 0 Å². The number of aromatic nitrogens is 4. The summed E-state index contributed by atoms with van der Waals surface area (Å²) < 4.78 is 29.7. The van der Waals surface area contributed by atoms with E-state index in [2.05, 4.69) is 10.2 Å². The predicted octanol–water partition coefficient (Wildman–Crippen LogP) is 2.76. The van der Waals surface area contributed by atoms with E-state index in [0.717, 1.165) is 16.6 Å². The summed E-state index contributed by atoms with van der Waals surface area (Å²) in [6.45, 7) is 1.68. The summed E-state index contributed by atoms with van der Waals surface area (Å²) in [7, 11) is -1.83. The standard InChI is InChI=1S/C17H16N4O2S/c1-12(13-8-4-3-5-9-13)24(22,23)17-19-18-16-20(2)14-10-6-7-11-15(14)21(16)17/h3-12H,1-2H3. The molecule has 2 heterocycles. The van der Waals surface area contributed by atoms with Gasteiger partial charge in [-0.25, -0.2) is 12.8 Å². The predicted molar refractivity (Wildman–Crippen MR) is 91.5 cm³/mol. The summed E-state index contributed by atoms with van der Waals surface area (Å²) in [5, 5.41) is 7.36. The van der Waals surface area contributed by atoms with Crippen molar-refractivity contribution in [2.24, 2.45) is 7.05 Å². The summed E-state index contributed by atoms with van der Waals surface area (Å²) in [6.07, 6.45) is 0. The lowest BCUT2D eigenvalue weighted by atomic mass is 10.2. The molecular formula is C17H16N4O2S. The molecule has 0 amide bonds. The molecule has 4 aromatic rings. The Hall–Kier alpha value is -2.67. The van der Waals surface area contributed by atoms with Gasteiger partial charge < -0.3 is 4.57 Å². The van der Waals surface area contributed by atoms with E-state index in [0.29, 0.717) is 5.78 Å². The van der Waals surface area contributed by atoms with Gasteiger partial charge in [-0.3, -0.25) is 0 Å². The first kappa shape index (κ1) is 14.9. The van der Waals surface area contributed by atoms with Crippen molar-refractivity contribution in [3.05, 3.63) is 60.2 Å². The first-order chi connectivity index (χ1) is 11.5. The van der Waals surface area contributed by atoms with Crippen molar-refractivity contribution in [1.82, 2.24) is 19.2 Å². The number of imidazole rings is 1. The normalized spacial score (nSPS) is 13.6. The van der Waals surface area contributed by atoms with Crippen molar-refractivity contribution in [2.45, 2.75) is 17.3 Å². The second kappa shape index (κ2) is 5.17. The van der Waals surface area contributed by atoms with Crippen molar-refractivity contribution in [3.63, 3.8) is 0 Å². The number of rotatable bonds is 3. The second-order valence-corrected chi connectivity index (χ2v) is 7.93. The molecule has 2 aromatic carbocycles. The molecule has 0 N–H and O–H groups in total. The van der Waals surface area contributed by atoms with Crippen molar-refractivity contribution in [1.29, 1.82) is 0 Å². The Morgan fingerprint density at radius 2 is 1.54 bits per heavy atom. The lowest BCUT2D eigenvalue weighted by molar-refractivity contribution is 0.575. The Morgan fingerprint density at radius 3 is 2.25 bits per heavy atom. The van der Waals surface area contributed by atoms with E-state index in [1.165, 1.54) is 0 Å². The van der Waals surface area contributed by atoms with Crippen molar-refractivity contribution >= 4 is 26.6 Å². The fourth-order valence-electron chi connectivity index (χ4n) is 2.98. The van der Waals surface area contributed by atoms with E-state index in [1.54, 1.807) is 11.3 Å². The molecule has 7 heteroatoms. The maximum atomic E-state index is 13.1. The third-order valence-corrected chi connectivity index (χ3v) is 6.37. The molecule has 4 rings (SSSR count). The van der Waals surface area contributed by atoms with Crippen LogP contribution in [0.5, 0.6) is 0 Å². The minimum absolute atomic E-state index is 0.0225. The van der Waals surface area contributed by atoms with Gasteiger partial charge >= 0.3 is 0 Å². The zero-order chi connectivity index (χ0) is 16.9. The highest BCUT2D eigenvalue weighted by Crippen LogP contribution is 2.30. The number of fused-ring (bicyclic) bond motifs is 3. The van der Waals surface area contributed by atoms with E-state index in [-0.39, 0.29) is 5.16 Å². The summed E-state index contributed by atoms with van der Waals surface area (Å²) in [5.74, 6) is 0.509. The average molecular weight is 340 g/mol. The van der Waals surface area contributed by atoms with Crippen LogP contribution in [0.2, 0.25) is 0 Å². The molecule has 0 spiro atoms. The maximum absolute atomic E-state index is 13.1. The van der Waals surface area contributed by atoms with Gasteiger partial charge in [-0.15, -0.1) is 10.2 Å².